The van der Waals surface area contributed by atoms with Crippen molar-refractivity contribution in [2.45, 2.75) is 19.5 Å². The molecule has 26 heavy (non-hydrogen) atoms. The Hall–Kier alpha value is -2.60. The Balaban J connectivity index is 1.55. The molecular formula is C20H24FN3O2. The first kappa shape index (κ1) is 18.2. The topological polar surface area (TPSA) is 44.8 Å². The van der Waals surface area contributed by atoms with Gasteiger partial charge < -0.3 is 15.0 Å². The monoisotopic (exact) mass is 357 g/mol. The van der Waals surface area contributed by atoms with Crippen molar-refractivity contribution in [3.05, 3.63) is 59.9 Å². The molecule has 0 radical (unpaired) electrons. The molecule has 1 atom stereocenters. The Bertz CT molecular complexity index is 751. The van der Waals surface area contributed by atoms with Gasteiger partial charge in [0.25, 0.3) is 0 Å². The maximum atomic E-state index is 13.0. The van der Waals surface area contributed by atoms with Crippen molar-refractivity contribution >= 4 is 11.7 Å². The second-order valence-corrected chi connectivity index (χ2v) is 6.57. The molecule has 1 saturated heterocycles. The van der Waals surface area contributed by atoms with Crippen LogP contribution in [0.1, 0.15) is 12.5 Å². The molecule has 2 aromatic rings. The Morgan fingerprint density at radius 1 is 1.23 bits per heavy atom. The predicted molar refractivity (Wildman–Crippen MR) is 99.9 cm³/mol. The number of rotatable bonds is 4. The highest BCUT2D eigenvalue weighted by Crippen LogP contribution is 2.18. The SMILES string of the molecule is COc1cccc(CN2CCN(C(=O)Nc3ccc(F)cc3)[C@@H](C)C2)c1. The molecule has 0 aliphatic carbocycles. The number of hydrogen-bond acceptors (Lipinski definition) is 3. The second-order valence-electron chi connectivity index (χ2n) is 6.57. The first-order valence-corrected chi connectivity index (χ1v) is 8.73. The molecular weight excluding hydrogens is 333 g/mol. The maximum absolute atomic E-state index is 13.0. The molecule has 2 amide bonds. The number of ether oxygens (including phenoxy) is 1. The lowest BCUT2D eigenvalue weighted by Crippen LogP contribution is -2.54. The zero-order valence-corrected chi connectivity index (χ0v) is 15.1. The van der Waals surface area contributed by atoms with E-state index in [1.807, 2.05) is 30.0 Å². The minimum atomic E-state index is -0.317. The number of urea groups is 1. The number of benzene rings is 2. The Morgan fingerprint density at radius 2 is 2.00 bits per heavy atom. The minimum Gasteiger partial charge on any atom is -0.497 e. The van der Waals surface area contributed by atoms with Crippen LogP contribution in [0.2, 0.25) is 0 Å². The van der Waals surface area contributed by atoms with Gasteiger partial charge in [-0.1, -0.05) is 12.1 Å². The van der Waals surface area contributed by atoms with Crippen LogP contribution in [0.3, 0.4) is 0 Å². The quantitative estimate of drug-likeness (QED) is 0.910. The largest absolute Gasteiger partial charge is 0.497 e. The van der Waals surface area contributed by atoms with Crippen molar-refractivity contribution in [2.24, 2.45) is 0 Å². The van der Waals surface area contributed by atoms with Crippen molar-refractivity contribution in [3.8, 4) is 5.75 Å². The Morgan fingerprint density at radius 3 is 2.69 bits per heavy atom. The maximum Gasteiger partial charge on any atom is 0.322 e. The van der Waals surface area contributed by atoms with Crippen molar-refractivity contribution < 1.29 is 13.9 Å². The van der Waals surface area contributed by atoms with Gasteiger partial charge in [-0.3, -0.25) is 4.90 Å². The lowest BCUT2D eigenvalue weighted by molar-refractivity contribution is 0.104. The van der Waals surface area contributed by atoms with E-state index in [-0.39, 0.29) is 17.9 Å². The molecule has 1 N–H and O–H groups in total. The van der Waals surface area contributed by atoms with E-state index < -0.39 is 0 Å². The number of hydrogen-bond donors (Lipinski definition) is 1. The zero-order chi connectivity index (χ0) is 18.5. The number of nitrogens with zero attached hydrogens (tertiary/aromatic N) is 2. The molecule has 0 bridgehead atoms. The fourth-order valence-electron chi connectivity index (χ4n) is 3.24. The number of methoxy groups -OCH3 is 1. The van der Waals surface area contributed by atoms with Crippen LogP contribution in [0.4, 0.5) is 14.9 Å². The van der Waals surface area contributed by atoms with E-state index in [1.165, 1.54) is 17.7 Å². The normalized spacial score (nSPS) is 17.8. The molecule has 1 heterocycles. The molecule has 5 nitrogen and oxygen atoms in total. The molecule has 6 heteroatoms. The molecule has 2 aromatic carbocycles. The van der Waals surface area contributed by atoms with Crippen LogP contribution in [0, 0.1) is 5.82 Å². The Kier molecular flexibility index (Phi) is 5.73. The van der Waals surface area contributed by atoms with Crippen LogP contribution in [-0.4, -0.2) is 48.6 Å². The number of piperazine rings is 1. The molecule has 0 spiro atoms. The van der Waals surface area contributed by atoms with Gasteiger partial charge in [-0.25, -0.2) is 9.18 Å². The van der Waals surface area contributed by atoms with E-state index in [9.17, 15) is 9.18 Å². The lowest BCUT2D eigenvalue weighted by Gasteiger charge is -2.39. The molecule has 1 aliphatic rings. The standard InChI is InChI=1S/C20H24FN3O2/c1-15-13-23(14-16-4-3-5-19(12-16)26-2)10-11-24(15)20(25)22-18-8-6-17(21)7-9-18/h3-9,12,15H,10-11,13-14H2,1-2H3,(H,22,25)/t15-/m0/s1. The number of carbonyl (C=O) groups is 1. The van der Waals surface area contributed by atoms with Crippen LogP contribution in [0.25, 0.3) is 0 Å². The highest BCUT2D eigenvalue weighted by molar-refractivity contribution is 5.89. The molecule has 138 valence electrons. The highest BCUT2D eigenvalue weighted by atomic mass is 19.1. The summed E-state index contributed by atoms with van der Waals surface area (Å²) >= 11 is 0. The summed E-state index contributed by atoms with van der Waals surface area (Å²) in [5.74, 6) is 0.537. The van der Waals surface area contributed by atoms with Crippen LogP contribution in [0.5, 0.6) is 5.75 Å². The third kappa shape index (κ3) is 4.52. The molecule has 1 aliphatic heterocycles. The van der Waals surface area contributed by atoms with E-state index in [0.29, 0.717) is 12.2 Å². The summed E-state index contributed by atoms with van der Waals surface area (Å²) in [5, 5.41) is 2.83. The second kappa shape index (κ2) is 8.19. The summed E-state index contributed by atoms with van der Waals surface area (Å²) in [6, 6.07) is 13.8. The molecule has 0 aromatic heterocycles. The summed E-state index contributed by atoms with van der Waals surface area (Å²) in [6.07, 6.45) is 0. The number of amides is 2. The number of nitrogens with one attached hydrogen (secondary N) is 1. The number of carbonyl (C=O) groups excluding carboxylic acids is 1. The van der Waals surface area contributed by atoms with Crippen molar-refractivity contribution in [1.82, 2.24) is 9.80 Å². The number of anilines is 1. The third-order valence-corrected chi connectivity index (χ3v) is 4.61. The van der Waals surface area contributed by atoms with Gasteiger partial charge in [0.2, 0.25) is 0 Å². The van der Waals surface area contributed by atoms with Gasteiger partial charge in [-0.2, -0.15) is 0 Å². The number of halogens is 1. The van der Waals surface area contributed by atoms with Crippen LogP contribution in [0.15, 0.2) is 48.5 Å². The molecule has 0 unspecified atom stereocenters. The zero-order valence-electron chi connectivity index (χ0n) is 15.1. The minimum absolute atomic E-state index is 0.0924. The van der Waals surface area contributed by atoms with Crippen molar-refractivity contribution in [3.63, 3.8) is 0 Å². The smallest absolute Gasteiger partial charge is 0.322 e. The lowest BCUT2D eigenvalue weighted by atomic mass is 10.1. The van der Waals surface area contributed by atoms with E-state index in [2.05, 4.69) is 16.3 Å². The van der Waals surface area contributed by atoms with Crippen molar-refractivity contribution in [2.75, 3.05) is 32.1 Å². The molecule has 3 rings (SSSR count). The highest BCUT2D eigenvalue weighted by Gasteiger charge is 2.27. The summed E-state index contributed by atoms with van der Waals surface area (Å²) < 4.78 is 18.2. The van der Waals surface area contributed by atoms with E-state index in [1.54, 1.807) is 19.2 Å². The van der Waals surface area contributed by atoms with Gasteiger partial charge in [0, 0.05) is 37.9 Å². The van der Waals surface area contributed by atoms with E-state index >= 15 is 0 Å². The average Bonchev–Trinajstić information content (AvgIpc) is 2.64. The summed E-state index contributed by atoms with van der Waals surface area (Å²) in [5.41, 5.74) is 1.79. The van der Waals surface area contributed by atoms with Gasteiger partial charge >= 0.3 is 6.03 Å². The fourth-order valence-corrected chi connectivity index (χ4v) is 3.24. The van der Waals surface area contributed by atoms with Crippen LogP contribution < -0.4 is 10.1 Å². The predicted octanol–water partition coefficient (Wildman–Crippen LogP) is 3.57. The van der Waals surface area contributed by atoms with Crippen LogP contribution in [-0.2, 0) is 6.54 Å². The van der Waals surface area contributed by atoms with Gasteiger partial charge in [0.15, 0.2) is 0 Å². The van der Waals surface area contributed by atoms with Crippen LogP contribution >= 0.6 is 0 Å². The molecule has 1 fully saturated rings. The summed E-state index contributed by atoms with van der Waals surface area (Å²) in [6.45, 7) is 5.13. The third-order valence-electron chi connectivity index (χ3n) is 4.61. The van der Waals surface area contributed by atoms with E-state index in [0.717, 1.165) is 25.4 Å². The van der Waals surface area contributed by atoms with E-state index in [4.69, 9.17) is 4.74 Å². The fraction of sp³-hybridized carbons (Fsp3) is 0.350. The Labute approximate surface area is 153 Å². The van der Waals surface area contributed by atoms with Gasteiger partial charge in [-0.15, -0.1) is 0 Å². The van der Waals surface area contributed by atoms with Crippen molar-refractivity contribution in [1.29, 1.82) is 0 Å². The summed E-state index contributed by atoms with van der Waals surface area (Å²) in [4.78, 5) is 16.7. The first-order chi connectivity index (χ1) is 12.5. The molecule has 0 saturated carbocycles. The van der Waals surface area contributed by atoms with Gasteiger partial charge in [0.05, 0.1) is 7.11 Å². The van der Waals surface area contributed by atoms with Gasteiger partial charge in [-0.05, 0) is 48.9 Å². The first-order valence-electron chi connectivity index (χ1n) is 8.73. The van der Waals surface area contributed by atoms with Gasteiger partial charge in [0.1, 0.15) is 11.6 Å². The summed E-state index contributed by atoms with van der Waals surface area (Å²) in [7, 11) is 1.67. The average molecular weight is 357 g/mol.